The van der Waals surface area contributed by atoms with Crippen molar-refractivity contribution in [3.63, 3.8) is 0 Å². The van der Waals surface area contributed by atoms with E-state index < -0.39 is 27.2 Å². The van der Waals surface area contributed by atoms with Crippen molar-refractivity contribution in [1.29, 1.82) is 0 Å². The zero-order valence-electron chi connectivity index (χ0n) is 16.6. The average molecular weight is 416 g/mol. The van der Waals surface area contributed by atoms with E-state index in [1.54, 1.807) is 51.2 Å². The van der Waals surface area contributed by atoms with Crippen LogP contribution >= 0.6 is 0 Å². The van der Waals surface area contributed by atoms with Crippen molar-refractivity contribution in [2.75, 3.05) is 13.2 Å². The first-order chi connectivity index (χ1) is 13.9. The number of nitrogens with one attached hydrogen (secondary N) is 1. The van der Waals surface area contributed by atoms with Crippen LogP contribution < -0.4 is 10.1 Å². The van der Waals surface area contributed by atoms with Gasteiger partial charge < -0.3 is 9.47 Å². The smallest absolute Gasteiger partial charge is 0.322 e. The Balaban J connectivity index is 2.32. The third kappa shape index (κ3) is 6.04. The third-order valence-electron chi connectivity index (χ3n) is 3.98. The van der Waals surface area contributed by atoms with Gasteiger partial charge in [-0.3, -0.25) is 15.1 Å². The Labute approximate surface area is 171 Å². The first-order valence-corrected chi connectivity index (χ1v) is 10.6. The fraction of sp³-hybridized carbons (Fsp3) is 0.333. The number of rotatable bonds is 9. The summed E-state index contributed by atoms with van der Waals surface area (Å²) in [7, 11) is -3.88. The SMILES string of the molecule is CC#CCOc1ccc(S(=O)(=O)C(NC(C)C(=O)OCC)c2cccnc2)cc1. The van der Waals surface area contributed by atoms with Crippen molar-refractivity contribution in [2.24, 2.45) is 0 Å². The molecule has 0 aliphatic rings. The van der Waals surface area contributed by atoms with Gasteiger partial charge in [0.05, 0.1) is 11.5 Å². The van der Waals surface area contributed by atoms with Crippen LogP contribution in [0.2, 0.25) is 0 Å². The van der Waals surface area contributed by atoms with Crippen molar-refractivity contribution in [3.8, 4) is 17.6 Å². The molecule has 1 aromatic heterocycles. The molecule has 8 heteroatoms. The van der Waals surface area contributed by atoms with E-state index in [4.69, 9.17) is 9.47 Å². The number of pyridine rings is 1. The van der Waals surface area contributed by atoms with Crippen LogP contribution in [0.15, 0.2) is 53.7 Å². The molecule has 29 heavy (non-hydrogen) atoms. The molecule has 0 aliphatic heterocycles. The van der Waals surface area contributed by atoms with E-state index in [0.717, 1.165) is 0 Å². The number of hydrogen-bond acceptors (Lipinski definition) is 7. The molecule has 2 rings (SSSR count). The van der Waals surface area contributed by atoms with Gasteiger partial charge in [-0.1, -0.05) is 12.0 Å². The molecule has 1 heterocycles. The summed E-state index contributed by atoms with van der Waals surface area (Å²) in [5.41, 5.74) is 0.419. The second kappa shape index (κ2) is 10.6. The standard InChI is InChI=1S/C21H24N2O5S/c1-4-6-14-28-18-9-11-19(12-10-18)29(25,26)20(17-8-7-13-22-15-17)23-16(3)21(24)27-5-2/h7-13,15-16,20,23H,5,14H2,1-3H3. The maximum Gasteiger partial charge on any atom is 0.322 e. The Morgan fingerprint density at radius 3 is 2.55 bits per heavy atom. The van der Waals surface area contributed by atoms with Gasteiger partial charge in [-0.2, -0.15) is 0 Å². The Hall–Kier alpha value is -2.89. The molecule has 154 valence electrons. The maximum absolute atomic E-state index is 13.3. The second-order valence-electron chi connectivity index (χ2n) is 6.04. The van der Waals surface area contributed by atoms with E-state index in [0.29, 0.717) is 11.3 Å². The normalized spacial score (nSPS) is 12.9. The van der Waals surface area contributed by atoms with Gasteiger partial charge in [0.25, 0.3) is 0 Å². The molecule has 0 saturated carbocycles. The Morgan fingerprint density at radius 2 is 1.97 bits per heavy atom. The van der Waals surface area contributed by atoms with Gasteiger partial charge in [-0.25, -0.2) is 8.42 Å². The van der Waals surface area contributed by atoms with Crippen molar-refractivity contribution < 1.29 is 22.7 Å². The lowest BCUT2D eigenvalue weighted by atomic mass is 10.2. The minimum absolute atomic E-state index is 0.0869. The largest absolute Gasteiger partial charge is 0.481 e. The number of hydrogen-bond donors (Lipinski definition) is 1. The molecule has 0 saturated heterocycles. The summed E-state index contributed by atoms with van der Waals surface area (Å²) in [6.45, 7) is 5.39. The number of ether oxygens (including phenoxy) is 2. The van der Waals surface area contributed by atoms with Crippen LogP contribution in [0.4, 0.5) is 0 Å². The van der Waals surface area contributed by atoms with Crippen LogP contribution in [0.1, 0.15) is 31.7 Å². The highest BCUT2D eigenvalue weighted by Crippen LogP contribution is 2.28. The molecule has 2 aromatic rings. The average Bonchev–Trinajstić information content (AvgIpc) is 2.73. The number of esters is 1. The minimum Gasteiger partial charge on any atom is -0.481 e. The summed E-state index contributed by atoms with van der Waals surface area (Å²) in [6.07, 6.45) is 3.00. The lowest BCUT2D eigenvalue weighted by Gasteiger charge is -2.23. The summed E-state index contributed by atoms with van der Waals surface area (Å²) in [4.78, 5) is 16.1. The molecule has 0 bridgehead atoms. The molecule has 2 unspecified atom stereocenters. The summed E-state index contributed by atoms with van der Waals surface area (Å²) in [5, 5.41) is 1.69. The van der Waals surface area contributed by atoms with Crippen LogP contribution in [0, 0.1) is 11.8 Å². The van der Waals surface area contributed by atoms with E-state index in [1.165, 1.54) is 18.3 Å². The summed E-state index contributed by atoms with van der Waals surface area (Å²) in [5.74, 6) is 5.47. The molecule has 7 nitrogen and oxygen atoms in total. The van der Waals surface area contributed by atoms with Crippen LogP contribution in [-0.4, -0.2) is 38.6 Å². The minimum atomic E-state index is -3.88. The van der Waals surface area contributed by atoms with Gasteiger partial charge in [0.15, 0.2) is 9.84 Å². The second-order valence-corrected chi connectivity index (χ2v) is 8.07. The molecule has 1 N–H and O–H groups in total. The molecular formula is C21H24N2O5S. The molecule has 1 aromatic carbocycles. The maximum atomic E-state index is 13.3. The van der Waals surface area contributed by atoms with Crippen LogP contribution in [0.25, 0.3) is 0 Å². The number of benzene rings is 1. The molecule has 0 amide bonds. The highest BCUT2D eigenvalue weighted by atomic mass is 32.2. The van der Waals surface area contributed by atoms with Crippen LogP contribution in [0.5, 0.6) is 5.75 Å². The van der Waals surface area contributed by atoms with Crippen LogP contribution in [0.3, 0.4) is 0 Å². The van der Waals surface area contributed by atoms with Crippen molar-refractivity contribution in [1.82, 2.24) is 10.3 Å². The number of aromatic nitrogens is 1. The highest BCUT2D eigenvalue weighted by Gasteiger charge is 2.32. The first kappa shape index (κ1) is 22.4. The summed E-state index contributed by atoms with van der Waals surface area (Å²) < 4.78 is 37.0. The predicted molar refractivity (Wildman–Crippen MR) is 109 cm³/mol. The highest BCUT2D eigenvalue weighted by molar-refractivity contribution is 7.91. The van der Waals surface area contributed by atoms with E-state index in [-0.39, 0.29) is 18.1 Å². The van der Waals surface area contributed by atoms with E-state index in [9.17, 15) is 13.2 Å². The zero-order chi connectivity index (χ0) is 21.3. The monoisotopic (exact) mass is 416 g/mol. The first-order valence-electron chi connectivity index (χ1n) is 9.09. The lowest BCUT2D eigenvalue weighted by molar-refractivity contribution is -0.145. The fourth-order valence-corrected chi connectivity index (χ4v) is 4.18. The van der Waals surface area contributed by atoms with Gasteiger partial charge in [0.2, 0.25) is 0 Å². The zero-order valence-corrected chi connectivity index (χ0v) is 17.4. The molecule has 0 spiro atoms. The van der Waals surface area contributed by atoms with Gasteiger partial charge in [0.1, 0.15) is 23.8 Å². The van der Waals surface area contributed by atoms with Gasteiger partial charge in [-0.15, -0.1) is 5.92 Å². The van der Waals surface area contributed by atoms with Crippen molar-refractivity contribution in [3.05, 3.63) is 54.4 Å². The lowest BCUT2D eigenvalue weighted by Crippen LogP contribution is -2.41. The van der Waals surface area contributed by atoms with Crippen molar-refractivity contribution in [2.45, 2.75) is 37.1 Å². The number of carbonyl (C=O) groups is 1. The van der Waals surface area contributed by atoms with E-state index >= 15 is 0 Å². The Morgan fingerprint density at radius 1 is 1.24 bits per heavy atom. The molecule has 0 radical (unpaired) electrons. The number of nitrogens with zero attached hydrogens (tertiary/aromatic N) is 1. The fourth-order valence-electron chi connectivity index (χ4n) is 2.51. The third-order valence-corrected chi connectivity index (χ3v) is 5.94. The molecule has 0 aliphatic carbocycles. The van der Waals surface area contributed by atoms with Gasteiger partial charge in [0, 0.05) is 18.0 Å². The quantitative estimate of drug-likeness (QED) is 0.496. The van der Waals surface area contributed by atoms with Gasteiger partial charge in [-0.05, 0) is 51.1 Å². The van der Waals surface area contributed by atoms with Crippen LogP contribution in [-0.2, 0) is 19.4 Å². The predicted octanol–water partition coefficient (Wildman–Crippen LogP) is 2.50. The number of carbonyl (C=O) groups excluding carboxylic acids is 1. The van der Waals surface area contributed by atoms with Crippen molar-refractivity contribution >= 4 is 15.8 Å². The summed E-state index contributed by atoms with van der Waals surface area (Å²) >= 11 is 0. The van der Waals surface area contributed by atoms with Gasteiger partial charge >= 0.3 is 5.97 Å². The molecular weight excluding hydrogens is 392 g/mol. The molecule has 2 atom stereocenters. The number of sulfone groups is 1. The summed E-state index contributed by atoms with van der Waals surface area (Å²) in [6, 6.07) is 8.51. The Bertz CT molecular complexity index is 964. The Kier molecular flexibility index (Phi) is 8.19. The van der Waals surface area contributed by atoms with E-state index in [1.807, 2.05) is 0 Å². The molecule has 0 fully saturated rings. The topological polar surface area (TPSA) is 94.6 Å². The van der Waals surface area contributed by atoms with E-state index in [2.05, 4.69) is 22.1 Å².